The molecule has 0 bridgehead atoms. The number of rotatable bonds is 6. The fourth-order valence-electron chi connectivity index (χ4n) is 4.13. The SMILES string of the molecule is CCOc1ccc(C2CC(c3ccc(F)cc3)=NN2C(=O)CN2CCNCC2C)cc1. The third-order valence-corrected chi connectivity index (χ3v) is 5.90. The van der Waals surface area contributed by atoms with E-state index in [1.54, 1.807) is 17.1 Å². The summed E-state index contributed by atoms with van der Waals surface area (Å²) >= 11 is 0. The minimum absolute atomic E-state index is 0.0234. The number of nitrogens with one attached hydrogen (secondary N) is 1. The van der Waals surface area contributed by atoms with E-state index < -0.39 is 0 Å². The van der Waals surface area contributed by atoms with Gasteiger partial charge < -0.3 is 10.1 Å². The van der Waals surface area contributed by atoms with Crippen molar-refractivity contribution in [3.8, 4) is 5.75 Å². The summed E-state index contributed by atoms with van der Waals surface area (Å²) in [7, 11) is 0. The van der Waals surface area contributed by atoms with Crippen LogP contribution in [0.15, 0.2) is 53.6 Å². The molecule has 0 saturated carbocycles. The summed E-state index contributed by atoms with van der Waals surface area (Å²) in [5, 5.41) is 9.67. The molecular weight excluding hydrogens is 395 g/mol. The average molecular weight is 425 g/mol. The van der Waals surface area contributed by atoms with Crippen LogP contribution in [-0.4, -0.2) is 60.4 Å². The molecule has 164 valence electrons. The van der Waals surface area contributed by atoms with Crippen LogP contribution in [0.3, 0.4) is 0 Å². The Labute approximate surface area is 182 Å². The van der Waals surface area contributed by atoms with Crippen LogP contribution in [-0.2, 0) is 4.79 Å². The van der Waals surface area contributed by atoms with E-state index in [1.807, 2.05) is 31.2 Å². The second-order valence-corrected chi connectivity index (χ2v) is 8.04. The zero-order valence-electron chi connectivity index (χ0n) is 18.1. The molecule has 2 aliphatic rings. The van der Waals surface area contributed by atoms with Crippen molar-refractivity contribution in [3.63, 3.8) is 0 Å². The molecule has 1 amide bonds. The number of nitrogens with zero attached hydrogens (tertiary/aromatic N) is 3. The summed E-state index contributed by atoms with van der Waals surface area (Å²) in [6.45, 7) is 7.60. The van der Waals surface area contributed by atoms with Gasteiger partial charge >= 0.3 is 0 Å². The van der Waals surface area contributed by atoms with Gasteiger partial charge in [-0.3, -0.25) is 9.69 Å². The Hall–Kier alpha value is -2.77. The first-order chi connectivity index (χ1) is 15.0. The molecule has 0 aliphatic carbocycles. The fourth-order valence-corrected chi connectivity index (χ4v) is 4.13. The van der Waals surface area contributed by atoms with Crippen molar-refractivity contribution >= 4 is 11.6 Å². The summed E-state index contributed by atoms with van der Waals surface area (Å²) in [5.41, 5.74) is 2.63. The van der Waals surface area contributed by atoms with Gasteiger partial charge in [0.15, 0.2) is 0 Å². The first-order valence-electron chi connectivity index (χ1n) is 10.9. The maximum atomic E-state index is 13.4. The molecule has 31 heavy (non-hydrogen) atoms. The number of ether oxygens (including phenoxy) is 1. The standard InChI is InChI=1S/C24H29FN4O2/c1-3-31-21-10-6-19(7-11-21)23-14-22(18-4-8-20(25)9-5-18)27-29(23)24(30)16-28-13-12-26-15-17(28)2/h4-11,17,23,26H,3,12-16H2,1-2H3. The lowest BCUT2D eigenvalue weighted by Gasteiger charge is -2.34. The van der Waals surface area contributed by atoms with Crippen molar-refractivity contribution in [2.45, 2.75) is 32.4 Å². The van der Waals surface area contributed by atoms with Gasteiger partial charge in [-0.1, -0.05) is 24.3 Å². The van der Waals surface area contributed by atoms with Crippen LogP contribution in [0.1, 0.15) is 37.4 Å². The molecule has 1 N–H and O–H groups in total. The summed E-state index contributed by atoms with van der Waals surface area (Å²) in [6, 6.07) is 14.2. The average Bonchev–Trinajstić information content (AvgIpc) is 3.22. The normalized spacial score (nSPS) is 21.8. The van der Waals surface area contributed by atoms with Crippen LogP contribution in [0.25, 0.3) is 0 Å². The number of hydrogen-bond donors (Lipinski definition) is 1. The Balaban J connectivity index is 1.59. The highest BCUT2D eigenvalue weighted by Gasteiger charge is 2.34. The Kier molecular flexibility index (Phi) is 6.63. The highest BCUT2D eigenvalue weighted by Crippen LogP contribution is 2.34. The van der Waals surface area contributed by atoms with Gasteiger partial charge in [-0.25, -0.2) is 9.40 Å². The first kappa shape index (κ1) is 21.5. The Morgan fingerprint density at radius 2 is 1.94 bits per heavy atom. The minimum atomic E-state index is -0.286. The highest BCUT2D eigenvalue weighted by atomic mass is 19.1. The van der Waals surface area contributed by atoms with Crippen molar-refractivity contribution in [1.82, 2.24) is 15.2 Å². The van der Waals surface area contributed by atoms with Crippen LogP contribution in [0.4, 0.5) is 4.39 Å². The largest absolute Gasteiger partial charge is 0.494 e. The summed E-state index contributed by atoms with van der Waals surface area (Å²) in [5.74, 6) is 0.493. The number of hydrogen-bond acceptors (Lipinski definition) is 5. The van der Waals surface area contributed by atoms with Crippen molar-refractivity contribution in [1.29, 1.82) is 0 Å². The van der Waals surface area contributed by atoms with Gasteiger partial charge in [-0.05, 0) is 49.2 Å². The summed E-state index contributed by atoms with van der Waals surface area (Å²) in [6.07, 6.45) is 0.586. The molecule has 6 nitrogen and oxygen atoms in total. The number of carbonyl (C=O) groups excluding carboxylic acids is 1. The number of hydrazone groups is 1. The molecule has 2 unspecified atom stereocenters. The van der Waals surface area contributed by atoms with Crippen LogP contribution >= 0.6 is 0 Å². The van der Waals surface area contributed by atoms with E-state index in [-0.39, 0.29) is 17.8 Å². The lowest BCUT2D eigenvalue weighted by Crippen LogP contribution is -2.52. The predicted octanol–water partition coefficient (Wildman–Crippen LogP) is 3.20. The molecular formula is C24H29FN4O2. The number of piperazine rings is 1. The molecule has 0 aromatic heterocycles. The maximum absolute atomic E-state index is 13.4. The summed E-state index contributed by atoms with van der Waals surface area (Å²) in [4.78, 5) is 15.5. The fraction of sp³-hybridized carbons (Fsp3) is 0.417. The van der Waals surface area contributed by atoms with E-state index in [1.165, 1.54) is 12.1 Å². The molecule has 2 aliphatic heterocycles. The van der Waals surface area contributed by atoms with Gasteiger partial charge in [0.2, 0.25) is 0 Å². The van der Waals surface area contributed by atoms with E-state index in [9.17, 15) is 9.18 Å². The van der Waals surface area contributed by atoms with Crippen molar-refractivity contribution < 1.29 is 13.9 Å². The van der Waals surface area contributed by atoms with E-state index in [2.05, 4.69) is 17.1 Å². The van der Waals surface area contributed by atoms with Crippen molar-refractivity contribution in [3.05, 3.63) is 65.5 Å². The Morgan fingerprint density at radius 1 is 1.19 bits per heavy atom. The lowest BCUT2D eigenvalue weighted by molar-refractivity contribution is -0.135. The quantitative estimate of drug-likeness (QED) is 0.774. The number of amides is 1. The zero-order valence-corrected chi connectivity index (χ0v) is 18.1. The van der Waals surface area contributed by atoms with Gasteiger partial charge in [0.1, 0.15) is 11.6 Å². The van der Waals surface area contributed by atoms with E-state index >= 15 is 0 Å². The first-order valence-corrected chi connectivity index (χ1v) is 10.9. The van der Waals surface area contributed by atoms with Gasteiger partial charge in [0.25, 0.3) is 5.91 Å². The molecule has 2 heterocycles. The highest BCUT2D eigenvalue weighted by molar-refractivity contribution is 6.03. The smallest absolute Gasteiger partial charge is 0.257 e. The molecule has 0 spiro atoms. The van der Waals surface area contributed by atoms with E-state index in [0.717, 1.165) is 42.2 Å². The van der Waals surface area contributed by atoms with E-state index in [0.29, 0.717) is 25.6 Å². The third-order valence-electron chi connectivity index (χ3n) is 5.90. The number of benzene rings is 2. The van der Waals surface area contributed by atoms with Crippen LogP contribution in [0.5, 0.6) is 5.75 Å². The Bertz CT molecular complexity index is 930. The van der Waals surface area contributed by atoms with E-state index in [4.69, 9.17) is 9.84 Å². The van der Waals surface area contributed by atoms with Crippen LogP contribution in [0.2, 0.25) is 0 Å². The molecule has 1 fully saturated rings. The topological polar surface area (TPSA) is 57.2 Å². The number of halogens is 1. The Morgan fingerprint density at radius 3 is 2.61 bits per heavy atom. The molecule has 1 saturated heterocycles. The predicted molar refractivity (Wildman–Crippen MR) is 119 cm³/mol. The molecule has 2 atom stereocenters. The second kappa shape index (κ2) is 9.58. The van der Waals surface area contributed by atoms with Crippen molar-refractivity contribution in [2.24, 2.45) is 5.10 Å². The monoisotopic (exact) mass is 424 g/mol. The zero-order chi connectivity index (χ0) is 21.8. The molecule has 7 heteroatoms. The van der Waals surface area contributed by atoms with Gasteiger partial charge in [-0.2, -0.15) is 5.10 Å². The second-order valence-electron chi connectivity index (χ2n) is 8.04. The molecule has 2 aromatic carbocycles. The summed E-state index contributed by atoms with van der Waals surface area (Å²) < 4.78 is 18.9. The van der Waals surface area contributed by atoms with Gasteiger partial charge in [0.05, 0.1) is 24.9 Å². The van der Waals surface area contributed by atoms with Crippen molar-refractivity contribution in [2.75, 3.05) is 32.8 Å². The molecule has 0 radical (unpaired) electrons. The van der Waals surface area contributed by atoms with Crippen LogP contribution in [0, 0.1) is 5.82 Å². The van der Waals surface area contributed by atoms with Gasteiger partial charge in [-0.15, -0.1) is 0 Å². The van der Waals surface area contributed by atoms with Crippen LogP contribution < -0.4 is 10.1 Å². The third kappa shape index (κ3) is 4.94. The molecule has 2 aromatic rings. The molecule has 4 rings (SSSR count). The minimum Gasteiger partial charge on any atom is -0.494 e. The number of carbonyl (C=O) groups is 1. The lowest BCUT2D eigenvalue weighted by atomic mass is 9.98. The van der Waals surface area contributed by atoms with Gasteiger partial charge in [0, 0.05) is 32.1 Å². The maximum Gasteiger partial charge on any atom is 0.257 e.